The van der Waals surface area contributed by atoms with E-state index in [9.17, 15) is 4.79 Å². The SMILES string of the molecule is CCOc1nc(N)nc(Sc2n[nH]c(=O)n2C)n1. The average Bonchev–Trinajstić information content (AvgIpc) is 2.61. The van der Waals surface area contributed by atoms with Gasteiger partial charge in [0.2, 0.25) is 11.1 Å². The molecule has 18 heavy (non-hydrogen) atoms. The Hall–Kier alpha value is -2.10. The van der Waals surface area contributed by atoms with Crippen LogP contribution in [-0.4, -0.2) is 36.3 Å². The van der Waals surface area contributed by atoms with Gasteiger partial charge in [-0.25, -0.2) is 9.89 Å². The normalized spacial score (nSPS) is 10.6. The number of nitrogens with zero attached hydrogens (tertiary/aromatic N) is 5. The standard InChI is InChI=1S/C8H11N7O2S/c1-3-17-5-10-4(9)11-6(12-5)18-8-14-13-7(16)15(8)2/h3H2,1-2H3,(H,13,16)(H2,9,10,11,12). The van der Waals surface area contributed by atoms with E-state index in [1.54, 1.807) is 7.05 Å². The number of nitrogens with one attached hydrogen (secondary N) is 1. The smallest absolute Gasteiger partial charge is 0.343 e. The summed E-state index contributed by atoms with van der Waals surface area (Å²) in [6.45, 7) is 2.23. The van der Waals surface area contributed by atoms with Crippen molar-refractivity contribution in [2.75, 3.05) is 12.3 Å². The van der Waals surface area contributed by atoms with E-state index in [1.807, 2.05) is 6.92 Å². The molecule has 0 aliphatic rings. The van der Waals surface area contributed by atoms with Gasteiger partial charge in [0.05, 0.1) is 6.61 Å². The summed E-state index contributed by atoms with van der Waals surface area (Å²) >= 11 is 1.09. The third kappa shape index (κ3) is 2.59. The van der Waals surface area contributed by atoms with Gasteiger partial charge in [0, 0.05) is 7.05 Å². The third-order valence-corrected chi connectivity index (χ3v) is 2.82. The molecule has 2 heterocycles. The molecule has 0 unspecified atom stereocenters. The van der Waals surface area contributed by atoms with Crippen molar-refractivity contribution in [3.63, 3.8) is 0 Å². The molecule has 0 spiro atoms. The van der Waals surface area contributed by atoms with E-state index in [0.717, 1.165) is 11.8 Å². The summed E-state index contributed by atoms with van der Waals surface area (Å²) in [4.78, 5) is 23.0. The number of aromatic amines is 1. The van der Waals surface area contributed by atoms with Crippen molar-refractivity contribution in [2.24, 2.45) is 7.05 Å². The van der Waals surface area contributed by atoms with Gasteiger partial charge in [0.1, 0.15) is 0 Å². The van der Waals surface area contributed by atoms with Crippen LogP contribution in [0.25, 0.3) is 0 Å². The van der Waals surface area contributed by atoms with Crippen LogP contribution in [0.1, 0.15) is 6.92 Å². The van der Waals surface area contributed by atoms with E-state index in [2.05, 4.69) is 25.1 Å². The number of nitrogens with two attached hydrogens (primary N) is 1. The first-order valence-electron chi connectivity index (χ1n) is 5.03. The molecule has 0 aliphatic heterocycles. The summed E-state index contributed by atoms with van der Waals surface area (Å²) in [5.41, 5.74) is 5.22. The monoisotopic (exact) mass is 269 g/mol. The van der Waals surface area contributed by atoms with Gasteiger partial charge in [0.25, 0.3) is 0 Å². The molecule has 96 valence electrons. The summed E-state index contributed by atoms with van der Waals surface area (Å²) in [7, 11) is 1.59. The molecule has 0 atom stereocenters. The Balaban J connectivity index is 2.28. The van der Waals surface area contributed by atoms with Crippen LogP contribution in [0.2, 0.25) is 0 Å². The average molecular weight is 269 g/mol. The number of H-pyrrole nitrogens is 1. The molecule has 0 saturated heterocycles. The van der Waals surface area contributed by atoms with Gasteiger partial charge in [-0.1, -0.05) is 0 Å². The Morgan fingerprint density at radius 1 is 1.44 bits per heavy atom. The highest BCUT2D eigenvalue weighted by Crippen LogP contribution is 2.22. The van der Waals surface area contributed by atoms with Crippen LogP contribution < -0.4 is 16.2 Å². The topological polar surface area (TPSA) is 125 Å². The summed E-state index contributed by atoms with van der Waals surface area (Å²) in [6.07, 6.45) is 0. The number of nitrogen functional groups attached to an aromatic ring is 1. The van der Waals surface area contributed by atoms with E-state index in [4.69, 9.17) is 10.5 Å². The maximum Gasteiger partial charge on any atom is 0.343 e. The highest BCUT2D eigenvalue weighted by atomic mass is 32.2. The Bertz CT molecular complexity index is 608. The molecule has 0 aromatic carbocycles. The lowest BCUT2D eigenvalue weighted by Gasteiger charge is -2.03. The molecule has 9 nitrogen and oxygen atoms in total. The first kappa shape index (κ1) is 12.4. The minimum Gasteiger partial charge on any atom is -0.464 e. The summed E-state index contributed by atoms with van der Waals surface area (Å²) in [5.74, 6) is 0.0523. The van der Waals surface area contributed by atoms with Gasteiger partial charge < -0.3 is 10.5 Å². The van der Waals surface area contributed by atoms with E-state index in [1.165, 1.54) is 4.57 Å². The molecule has 2 aromatic rings. The molecule has 0 amide bonds. The van der Waals surface area contributed by atoms with Crippen LogP contribution in [-0.2, 0) is 7.05 Å². The van der Waals surface area contributed by atoms with Crippen molar-refractivity contribution in [3.05, 3.63) is 10.5 Å². The second-order valence-corrected chi connectivity index (χ2v) is 4.10. The van der Waals surface area contributed by atoms with Crippen molar-refractivity contribution >= 4 is 17.7 Å². The van der Waals surface area contributed by atoms with Crippen LogP contribution in [0.3, 0.4) is 0 Å². The highest BCUT2D eigenvalue weighted by Gasteiger charge is 2.11. The molecule has 3 N–H and O–H groups in total. The largest absolute Gasteiger partial charge is 0.464 e. The zero-order valence-corrected chi connectivity index (χ0v) is 10.6. The number of hydrogen-bond donors (Lipinski definition) is 2. The Kier molecular flexibility index (Phi) is 3.46. The molecule has 0 aliphatic carbocycles. The number of anilines is 1. The Labute approximate surface area is 106 Å². The molecular weight excluding hydrogens is 258 g/mol. The summed E-state index contributed by atoms with van der Waals surface area (Å²) in [6, 6.07) is 0.146. The molecule has 0 radical (unpaired) electrons. The third-order valence-electron chi connectivity index (χ3n) is 1.91. The summed E-state index contributed by atoms with van der Waals surface area (Å²) in [5, 5.41) is 6.87. The van der Waals surface area contributed by atoms with Crippen LogP contribution in [0.4, 0.5) is 5.95 Å². The Morgan fingerprint density at radius 3 is 2.83 bits per heavy atom. The summed E-state index contributed by atoms with van der Waals surface area (Å²) < 4.78 is 6.49. The molecule has 2 rings (SSSR count). The van der Waals surface area contributed by atoms with Gasteiger partial charge >= 0.3 is 11.7 Å². The van der Waals surface area contributed by atoms with E-state index in [0.29, 0.717) is 16.9 Å². The maximum absolute atomic E-state index is 11.2. The van der Waals surface area contributed by atoms with Gasteiger partial charge in [-0.05, 0) is 18.7 Å². The first-order valence-corrected chi connectivity index (χ1v) is 5.85. The second kappa shape index (κ2) is 5.04. The molecule has 0 bridgehead atoms. The molecule has 10 heteroatoms. The lowest BCUT2D eigenvalue weighted by atomic mass is 10.8. The number of ether oxygens (including phenoxy) is 1. The fourth-order valence-electron chi connectivity index (χ4n) is 1.10. The van der Waals surface area contributed by atoms with Crippen LogP contribution in [0.5, 0.6) is 6.01 Å². The molecule has 0 fully saturated rings. The lowest BCUT2D eigenvalue weighted by molar-refractivity contribution is 0.308. The number of aromatic nitrogens is 6. The highest BCUT2D eigenvalue weighted by molar-refractivity contribution is 7.99. The fraction of sp³-hybridized carbons (Fsp3) is 0.375. The Morgan fingerprint density at radius 2 is 2.22 bits per heavy atom. The van der Waals surface area contributed by atoms with Gasteiger partial charge in [-0.3, -0.25) is 4.57 Å². The van der Waals surface area contributed by atoms with Gasteiger partial charge in [-0.2, -0.15) is 15.0 Å². The minimum absolute atomic E-state index is 0.0523. The zero-order chi connectivity index (χ0) is 13.1. The van der Waals surface area contributed by atoms with Crippen molar-refractivity contribution in [2.45, 2.75) is 17.2 Å². The van der Waals surface area contributed by atoms with Crippen LogP contribution in [0.15, 0.2) is 15.1 Å². The van der Waals surface area contributed by atoms with Crippen LogP contribution in [0, 0.1) is 0 Å². The van der Waals surface area contributed by atoms with Crippen molar-refractivity contribution in [3.8, 4) is 6.01 Å². The second-order valence-electron chi connectivity index (χ2n) is 3.16. The zero-order valence-electron chi connectivity index (χ0n) is 9.75. The van der Waals surface area contributed by atoms with E-state index >= 15 is 0 Å². The molecular formula is C8H11N7O2S. The van der Waals surface area contributed by atoms with E-state index < -0.39 is 0 Å². The number of hydrogen-bond acceptors (Lipinski definition) is 8. The number of rotatable bonds is 4. The van der Waals surface area contributed by atoms with Gasteiger partial charge in [-0.15, -0.1) is 5.10 Å². The maximum atomic E-state index is 11.2. The predicted molar refractivity (Wildman–Crippen MR) is 63.4 cm³/mol. The predicted octanol–water partition coefficient (Wildman–Crippen LogP) is -0.575. The van der Waals surface area contributed by atoms with Crippen molar-refractivity contribution in [1.82, 2.24) is 29.7 Å². The van der Waals surface area contributed by atoms with Gasteiger partial charge in [0.15, 0.2) is 5.16 Å². The molecule has 0 saturated carbocycles. The first-order chi connectivity index (χ1) is 8.60. The fourth-order valence-corrected chi connectivity index (χ4v) is 1.83. The lowest BCUT2D eigenvalue weighted by Crippen LogP contribution is -2.13. The van der Waals surface area contributed by atoms with Crippen LogP contribution >= 0.6 is 11.8 Å². The molecule has 2 aromatic heterocycles. The quantitative estimate of drug-likeness (QED) is 0.755. The van der Waals surface area contributed by atoms with Crippen molar-refractivity contribution < 1.29 is 4.74 Å². The van der Waals surface area contributed by atoms with Crippen molar-refractivity contribution in [1.29, 1.82) is 0 Å². The minimum atomic E-state index is -0.315. The van der Waals surface area contributed by atoms with E-state index in [-0.39, 0.29) is 17.6 Å².